The van der Waals surface area contributed by atoms with Crippen LogP contribution in [0.2, 0.25) is 0 Å². The molecule has 0 radical (unpaired) electrons. The Morgan fingerprint density at radius 2 is 1.88 bits per heavy atom. The second-order valence-electron chi connectivity index (χ2n) is 8.27. The summed E-state index contributed by atoms with van der Waals surface area (Å²) in [5, 5.41) is 7.22. The van der Waals surface area contributed by atoms with E-state index in [1.54, 1.807) is 0 Å². The average molecular weight is 354 g/mol. The van der Waals surface area contributed by atoms with Gasteiger partial charge in [-0.2, -0.15) is 0 Å². The second-order valence-corrected chi connectivity index (χ2v) is 8.27. The van der Waals surface area contributed by atoms with Crippen LogP contribution in [-0.2, 0) is 4.74 Å². The zero-order valence-corrected chi connectivity index (χ0v) is 17.0. The summed E-state index contributed by atoms with van der Waals surface area (Å²) in [5.41, 5.74) is 0.163. The van der Waals surface area contributed by atoms with Crippen LogP contribution in [-0.4, -0.2) is 87.9 Å². The molecule has 146 valence electrons. The summed E-state index contributed by atoms with van der Waals surface area (Å²) in [7, 11) is 6.22. The first-order chi connectivity index (χ1) is 11.9. The number of likely N-dealkylation sites (N-methyl/N-ethyl adjacent to an activating group) is 1. The van der Waals surface area contributed by atoms with Crippen molar-refractivity contribution in [1.82, 2.24) is 20.4 Å². The molecule has 2 aliphatic heterocycles. The molecule has 0 amide bonds. The lowest BCUT2D eigenvalue weighted by Crippen LogP contribution is -2.58. The van der Waals surface area contributed by atoms with Gasteiger partial charge in [0, 0.05) is 58.0 Å². The molecule has 2 N–H and O–H groups in total. The molecule has 0 aromatic heterocycles. The van der Waals surface area contributed by atoms with E-state index in [9.17, 15) is 0 Å². The highest BCUT2D eigenvalue weighted by molar-refractivity contribution is 5.80. The lowest BCUT2D eigenvalue weighted by atomic mass is 9.88. The fraction of sp³-hybridized carbons (Fsp3) is 0.947. The molecule has 0 aromatic carbocycles. The molecule has 2 rings (SSSR count). The molecule has 0 aliphatic carbocycles. The highest BCUT2D eigenvalue weighted by Crippen LogP contribution is 2.25. The Labute approximate surface area is 154 Å². The fourth-order valence-corrected chi connectivity index (χ4v) is 3.95. The van der Waals surface area contributed by atoms with Gasteiger partial charge in [0.25, 0.3) is 0 Å². The molecule has 2 aliphatic rings. The summed E-state index contributed by atoms with van der Waals surface area (Å²) >= 11 is 0. The van der Waals surface area contributed by atoms with E-state index in [0.29, 0.717) is 6.04 Å². The standard InChI is InChI=1S/C19H39N5O/c1-16(2)14-24-10-6-17(7-11-24)22-18(20-3)21-15-19(23(4)5)8-12-25-13-9-19/h16-17H,6-15H2,1-5H3,(H2,20,21,22). The zero-order chi connectivity index (χ0) is 18.3. The first kappa shape index (κ1) is 20.5. The van der Waals surface area contributed by atoms with Crippen molar-refractivity contribution in [3.05, 3.63) is 0 Å². The molecule has 2 heterocycles. The van der Waals surface area contributed by atoms with Gasteiger partial charge >= 0.3 is 0 Å². The van der Waals surface area contributed by atoms with Crippen LogP contribution in [0, 0.1) is 5.92 Å². The maximum absolute atomic E-state index is 5.56. The van der Waals surface area contributed by atoms with Gasteiger partial charge in [0.1, 0.15) is 0 Å². The summed E-state index contributed by atoms with van der Waals surface area (Å²) in [4.78, 5) is 9.39. The number of nitrogens with zero attached hydrogens (tertiary/aromatic N) is 3. The number of piperidine rings is 1. The van der Waals surface area contributed by atoms with Crippen LogP contribution in [0.3, 0.4) is 0 Å². The van der Waals surface area contributed by atoms with Crippen LogP contribution < -0.4 is 10.6 Å². The van der Waals surface area contributed by atoms with E-state index in [1.165, 1.54) is 32.5 Å². The summed E-state index contributed by atoms with van der Waals surface area (Å²) < 4.78 is 5.56. The lowest BCUT2D eigenvalue weighted by molar-refractivity contribution is -0.00504. The molecular weight excluding hydrogens is 314 g/mol. The Kier molecular flexibility index (Phi) is 7.97. The molecule has 0 bridgehead atoms. The third kappa shape index (κ3) is 6.12. The maximum atomic E-state index is 5.56. The molecule has 6 nitrogen and oxygen atoms in total. The highest BCUT2D eigenvalue weighted by Gasteiger charge is 2.35. The van der Waals surface area contributed by atoms with Crippen molar-refractivity contribution in [2.24, 2.45) is 10.9 Å². The number of ether oxygens (including phenoxy) is 1. The molecule has 0 spiro atoms. The summed E-state index contributed by atoms with van der Waals surface area (Å²) in [6.45, 7) is 10.8. The van der Waals surface area contributed by atoms with Crippen molar-refractivity contribution in [2.45, 2.75) is 51.1 Å². The Morgan fingerprint density at radius 3 is 2.40 bits per heavy atom. The predicted molar refractivity (Wildman–Crippen MR) is 105 cm³/mol. The highest BCUT2D eigenvalue weighted by atomic mass is 16.5. The normalized spacial score (nSPS) is 23.2. The predicted octanol–water partition coefficient (Wildman–Crippen LogP) is 1.38. The molecule has 25 heavy (non-hydrogen) atoms. The number of nitrogens with one attached hydrogen (secondary N) is 2. The van der Waals surface area contributed by atoms with Gasteiger partial charge in [-0.1, -0.05) is 13.8 Å². The first-order valence-electron chi connectivity index (χ1n) is 9.90. The summed E-state index contributed by atoms with van der Waals surface area (Å²) in [6.07, 6.45) is 4.52. The summed E-state index contributed by atoms with van der Waals surface area (Å²) in [6, 6.07) is 0.527. The Hall–Kier alpha value is -0.850. The van der Waals surface area contributed by atoms with Crippen molar-refractivity contribution >= 4 is 5.96 Å². The van der Waals surface area contributed by atoms with Gasteiger partial charge in [-0.25, -0.2) is 0 Å². The Bertz CT molecular complexity index is 410. The van der Waals surface area contributed by atoms with Crippen LogP contribution in [0.5, 0.6) is 0 Å². The van der Waals surface area contributed by atoms with Crippen molar-refractivity contribution in [1.29, 1.82) is 0 Å². The van der Waals surface area contributed by atoms with Crippen LogP contribution in [0.25, 0.3) is 0 Å². The number of hydrogen-bond donors (Lipinski definition) is 2. The van der Waals surface area contributed by atoms with Gasteiger partial charge in [-0.05, 0) is 45.7 Å². The molecular formula is C19H39N5O. The van der Waals surface area contributed by atoms with Crippen LogP contribution in [0.1, 0.15) is 39.5 Å². The molecule has 2 fully saturated rings. The second kappa shape index (κ2) is 9.74. The Morgan fingerprint density at radius 1 is 1.24 bits per heavy atom. The number of guanidine groups is 1. The van der Waals surface area contributed by atoms with Crippen LogP contribution in [0.4, 0.5) is 0 Å². The van der Waals surface area contributed by atoms with Gasteiger partial charge in [0.2, 0.25) is 0 Å². The SMILES string of the molecule is CN=C(NCC1(N(C)C)CCOCC1)NC1CCN(CC(C)C)CC1. The number of rotatable bonds is 6. The third-order valence-corrected chi connectivity index (χ3v) is 5.73. The zero-order valence-electron chi connectivity index (χ0n) is 17.0. The van der Waals surface area contributed by atoms with E-state index in [0.717, 1.165) is 44.5 Å². The van der Waals surface area contributed by atoms with Gasteiger partial charge < -0.3 is 25.2 Å². The number of likely N-dealkylation sites (tertiary alicyclic amines) is 1. The maximum Gasteiger partial charge on any atom is 0.191 e. The van der Waals surface area contributed by atoms with Crippen molar-refractivity contribution in [3.8, 4) is 0 Å². The Balaban J connectivity index is 1.79. The largest absolute Gasteiger partial charge is 0.381 e. The van der Waals surface area contributed by atoms with E-state index >= 15 is 0 Å². The minimum Gasteiger partial charge on any atom is -0.381 e. The first-order valence-corrected chi connectivity index (χ1v) is 9.90. The number of hydrogen-bond acceptors (Lipinski definition) is 4. The molecule has 0 unspecified atom stereocenters. The van der Waals surface area contributed by atoms with Crippen molar-refractivity contribution in [2.75, 3.05) is 60.5 Å². The fourth-order valence-electron chi connectivity index (χ4n) is 3.95. The van der Waals surface area contributed by atoms with E-state index in [4.69, 9.17) is 4.74 Å². The molecule has 0 atom stereocenters. The van der Waals surface area contributed by atoms with Crippen LogP contribution in [0.15, 0.2) is 4.99 Å². The van der Waals surface area contributed by atoms with Gasteiger partial charge in [-0.3, -0.25) is 4.99 Å². The molecule has 2 saturated heterocycles. The summed E-state index contributed by atoms with van der Waals surface area (Å²) in [5.74, 6) is 1.69. The monoisotopic (exact) mass is 353 g/mol. The van der Waals surface area contributed by atoms with Gasteiger partial charge in [-0.15, -0.1) is 0 Å². The smallest absolute Gasteiger partial charge is 0.191 e. The quantitative estimate of drug-likeness (QED) is 0.558. The van der Waals surface area contributed by atoms with E-state index in [2.05, 4.69) is 53.4 Å². The van der Waals surface area contributed by atoms with Crippen molar-refractivity contribution in [3.63, 3.8) is 0 Å². The topological polar surface area (TPSA) is 52.1 Å². The minimum absolute atomic E-state index is 0.163. The molecule has 0 saturated carbocycles. The molecule has 0 aromatic rings. The van der Waals surface area contributed by atoms with E-state index in [-0.39, 0.29) is 5.54 Å². The van der Waals surface area contributed by atoms with E-state index < -0.39 is 0 Å². The van der Waals surface area contributed by atoms with Gasteiger partial charge in [0.05, 0.1) is 0 Å². The minimum atomic E-state index is 0.163. The molecule has 6 heteroatoms. The van der Waals surface area contributed by atoms with Crippen molar-refractivity contribution < 1.29 is 4.74 Å². The third-order valence-electron chi connectivity index (χ3n) is 5.73. The van der Waals surface area contributed by atoms with E-state index in [1.807, 2.05) is 7.05 Å². The number of aliphatic imine (C=N–C) groups is 1. The van der Waals surface area contributed by atoms with Gasteiger partial charge in [0.15, 0.2) is 5.96 Å². The average Bonchev–Trinajstić information content (AvgIpc) is 2.60. The lowest BCUT2D eigenvalue weighted by Gasteiger charge is -2.43. The van der Waals surface area contributed by atoms with Crippen LogP contribution >= 0.6 is 0 Å².